The third-order valence-electron chi connectivity index (χ3n) is 5.45. The van der Waals surface area contributed by atoms with Crippen LogP contribution in [0, 0.1) is 6.92 Å². The standard InChI is InChI=1S/C22H23NO2S/c1-16-8-10-19(11-9-16)26(24,25)23-13-12-17(2)20-14-21(22(20)15-23)18-6-4-3-5-7-18/h3-11H,12-15H2,1-2H3. The van der Waals surface area contributed by atoms with Gasteiger partial charge in [-0.05, 0) is 61.1 Å². The molecule has 2 aromatic carbocycles. The quantitative estimate of drug-likeness (QED) is 0.799. The van der Waals surface area contributed by atoms with Gasteiger partial charge in [-0.1, -0.05) is 53.6 Å². The Morgan fingerprint density at radius 1 is 0.846 bits per heavy atom. The van der Waals surface area contributed by atoms with Crippen LogP contribution in [0.1, 0.15) is 30.9 Å². The highest BCUT2D eigenvalue weighted by Gasteiger charge is 2.34. The monoisotopic (exact) mass is 365 g/mol. The van der Waals surface area contributed by atoms with E-state index in [0.29, 0.717) is 18.0 Å². The van der Waals surface area contributed by atoms with Gasteiger partial charge >= 0.3 is 0 Å². The molecule has 1 aliphatic heterocycles. The summed E-state index contributed by atoms with van der Waals surface area (Å²) in [6.45, 7) is 5.11. The maximum absolute atomic E-state index is 13.2. The van der Waals surface area contributed by atoms with Gasteiger partial charge in [-0.15, -0.1) is 0 Å². The molecule has 4 rings (SSSR count). The van der Waals surface area contributed by atoms with Crippen molar-refractivity contribution in [3.63, 3.8) is 0 Å². The Morgan fingerprint density at radius 3 is 2.23 bits per heavy atom. The molecular formula is C22H23NO2S. The molecule has 26 heavy (non-hydrogen) atoms. The van der Waals surface area contributed by atoms with Gasteiger partial charge in [0.2, 0.25) is 10.0 Å². The lowest BCUT2D eigenvalue weighted by Crippen LogP contribution is -2.34. The molecule has 1 heterocycles. The predicted molar refractivity (Wildman–Crippen MR) is 105 cm³/mol. The Labute approximate surface area is 155 Å². The summed E-state index contributed by atoms with van der Waals surface area (Å²) in [6, 6.07) is 17.4. The zero-order valence-electron chi connectivity index (χ0n) is 15.2. The summed E-state index contributed by atoms with van der Waals surface area (Å²) >= 11 is 0. The van der Waals surface area contributed by atoms with Crippen LogP contribution >= 0.6 is 0 Å². The molecule has 0 radical (unpaired) electrons. The largest absolute Gasteiger partial charge is 0.243 e. The normalized spacial score (nSPS) is 18.4. The van der Waals surface area contributed by atoms with E-state index in [1.807, 2.05) is 37.3 Å². The van der Waals surface area contributed by atoms with Crippen molar-refractivity contribution in [2.24, 2.45) is 0 Å². The van der Waals surface area contributed by atoms with Crippen molar-refractivity contribution in [2.45, 2.75) is 31.6 Å². The Hall–Kier alpha value is -2.17. The van der Waals surface area contributed by atoms with Gasteiger partial charge in [0.15, 0.2) is 0 Å². The second-order valence-electron chi connectivity index (χ2n) is 7.16. The van der Waals surface area contributed by atoms with Crippen LogP contribution < -0.4 is 0 Å². The lowest BCUT2D eigenvalue weighted by Gasteiger charge is -2.31. The van der Waals surface area contributed by atoms with Crippen LogP contribution in [0.3, 0.4) is 0 Å². The summed E-state index contributed by atoms with van der Waals surface area (Å²) in [5.74, 6) is 0. The topological polar surface area (TPSA) is 37.4 Å². The van der Waals surface area contributed by atoms with Gasteiger partial charge in [0, 0.05) is 13.1 Å². The SMILES string of the molecule is CC1=C2CC(c3ccccc3)=C2CN(S(=O)(=O)c2ccc(C)cc2)CC1. The molecule has 134 valence electrons. The Balaban J connectivity index is 1.72. The van der Waals surface area contributed by atoms with Gasteiger partial charge in [-0.2, -0.15) is 4.31 Å². The first kappa shape index (κ1) is 17.3. The van der Waals surface area contributed by atoms with E-state index in [2.05, 4.69) is 19.1 Å². The van der Waals surface area contributed by atoms with Crippen molar-refractivity contribution in [1.29, 1.82) is 0 Å². The molecule has 1 aliphatic carbocycles. The van der Waals surface area contributed by atoms with Crippen molar-refractivity contribution in [1.82, 2.24) is 4.31 Å². The first-order chi connectivity index (χ1) is 12.5. The summed E-state index contributed by atoms with van der Waals surface area (Å²) in [7, 11) is -3.48. The third kappa shape index (κ3) is 2.93. The minimum Gasteiger partial charge on any atom is -0.207 e. The first-order valence-corrected chi connectivity index (χ1v) is 10.4. The van der Waals surface area contributed by atoms with E-state index in [-0.39, 0.29) is 0 Å². The van der Waals surface area contributed by atoms with Gasteiger partial charge in [0.05, 0.1) is 4.90 Å². The summed E-state index contributed by atoms with van der Waals surface area (Å²) in [5.41, 5.74) is 7.42. The van der Waals surface area contributed by atoms with Gasteiger partial charge in [-0.3, -0.25) is 0 Å². The highest BCUT2D eigenvalue weighted by Crippen LogP contribution is 2.45. The van der Waals surface area contributed by atoms with Crippen LogP contribution in [-0.2, 0) is 10.0 Å². The lowest BCUT2D eigenvalue weighted by molar-refractivity contribution is 0.444. The maximum Gasteiger partial charge on any atom is 0.243 e. The number of hydrogen-bond donors (Lipinski definition) is 0. The minimum atomic E-state index is -3.48. The Kier molecular flexibility index (Phi) is 4.33. The highest BCUT2D eigenvalue weighted by molar-refractivity contribution is 7.89. The Morgan fingerprint density at radius 2 is 1.54 bits per heavy atom. The van der Waals surface area contributed by atoms with Crippen molar-refractivity contribution in [3.05, 3.63) is 82.4 Å². The molecule has 0 fully saturated rings. The van der Waals surface area contributed by atoms with Gasteiger partial charge < -0.3 is 0 Å². The zero-order valence-corrected chi connectivity index (χ0v) is 16.0. The van der Waals surface area contributed by atoms with Crippen molar-refractivity contribution in [2.75, 3.05) is 13.1 Å². The number of allylic oxidation sites excluding steroid dienone is 1. The fraction of sp³-hybridized carbons (Fsp3) is 0.273. The summed E-state index contributed by atoms with van der Waals surface area (Å²) < 4.78 is 28.0. The molecule has 4 heteroatoms. The molecule has 2 aliphatic rings. The smallest absolute Gasteiger partial charge is 0.207 e. The average molecular weight is 365 g/mol. The fourth-order valence-corrected chi connectivity index (χ4v) is 5.15. The van der Waals surface area contributed by atoms with Crippen molar-refractivity contribution < 1.29 is 8.42 Å². The third-order valence-corrected chi connectivity index (χ3v) is 7.31. The number of benzene rings is 2. The number of sulfonamides is 1. The Bertz CT molecular complexity index is 1000. The van der Waals surface area contributed by atoms with E-state index in [1.54, 1.807) is 16.4 Å². The van der Waals surface area contributed by atoms with Gasteiger partial charge in [0.25, 0.3) is 0 Å². The fourth-order valence-electron chi connectivity index (χ4n) is 3.74. The minimum absolute atomic E-state index is 0.380. The second-order valence-corrected chi connectivity index (χ2v) is 9.10. The summed E-state index contributed by atoms with van der Waals surface area (Å²) in [4.78, 5) is 0.380. The van der Waals surface area contributed by atoms with Crippen LogP contribution in [0.25, 0.3) is 5.57 Å². The molecule has 3 nitrogen and oxygen atoms in total. The number of fused-ring (bicyclic) bond motifs is 1. The van der Waals surface area contributed by atoms with E-state index in [1.165, 1.54) is 27.9 Å². The number of aryl methyl sites for hydroxylation is 1. The van der Waals surface area contributed by atoms with E-state index < -0.39 is 10.0 Å². The van der Waals surface area contributed by atoms with Gasteiger partial charge in [-0.25, -0.2) is 8.42 Å². The molecule has 0 bridgehead atoms. The van der Waals surface area contributed by atoms with E-state index >= 15 is 0 Å². The molecule has 0 unspecified atom stereocenters. The van der Waals surface area contributed by atoms with Crippen LogP contribution in [-0.4, -0.2) is 25.8 Å². The number of hydrogen-bond acceptors (Lipinski definition) is 2. The van der Waals surface area contributed by atoms with E-state index in [4.69, 9.17) is 0 Å². The lowest BCUT2D eigenvalue weighted by atomic mass is 9.77. The molecule has 0 saturated heterocycles. The van der Waals surface area contributed by atoms with Crippen molar-refractivity contribution in [3.8, 4) is 0 Å². The molecule has 0 amide bonds. The number of nitrogens with zero attached hydrogens (tertiary/aromatic N) is 1. The number of rotatable bonds is 3. The molecule has 0 atom stereocenters. The maximum atomic E-state index is 13.2. The van der Waals surface area contributed by atoms with Crippen LogP contribution in [0.5, 0.6) is 0 Å². The summed E-state index contributed by atoms with van der Waals surface area (Å²) in [6.07, 6.45) is 1.75. The van der Waals surface area contributed by atoms with Crippen molar-refractivity contribution >= 4 is 15.6 Å². The van der Waals surface area contributed by atoms with Crippen LogP contribution in [0.15, 0.2) is 76.2 Å². The second kappa shape index (κ2) is 6.53. The molecule has 0 spiro atoms. The van der Waals surface area contributed by atoms with E-state index in [0.717, 1.165) is 18.4 Å². The van der Waals surface area contributed by atoms with E-state index in [9.17, 15) is 8.42 Å². The summed E-state index contributed by atoms with van der Waals surface area (Å²) in [5, 5.41) is 0. The first-order valence-electron chi connectivity index (χ1n) is 9.00. The predicted octanol–water partition coefficient (Wildman–Crippen LogP) is 4.56. The zero-order chi connectivity index (χ0) is 18.3. The molecular weight excluding hydrogens is 342 g/mol. The molecule has 2 aromatic rings. The molecule has 0 N–H and O–H groups in total. The average Bonchev–Trinajstić information content (AvgIpc) is 2.73. The van der Waals surface area contributed by atoms with Crippen LogP contribution in [0.4, 0.5) is 0 Å². The van der Waals surface area contributed by atoms with Gasteiger partial charge in [0.1, 0.15) is 0 Å². The molecule has 0 aromatic heterocycles. The highest BCUT2D eigenvalue weighted by atomic mass is 32.2. The molecule has 0 saturated carbocycles. The van der Waals surface area contributed by atoms with Crippen LogP contribution in [0.2, 0.25) is 0 Å².